The standard InChI is InChI=1S/C18H20ClN3O3/c1-25-17-3-2-16(19)12-15(17)13-20-8-10-21(11-9-20)18(23)14-4-6-22(24)7-5-14/h2-7,12H,8-11,13H2,1H3. The Morgan fingerprint density at radius 3 is 2.52 bits per heavy atom. The molecule has 0 radical (unpaired) electrons. The highest BCUT2D eigenvalue weighted by molar-refractivity contribution is 6.30. The van der Waals surface area contributed by atoms with Crippen molar-refractivity contribution in [3.8, 4) is 5.75 Å². The molecule has 3 rings (SSSR count). The number of methoxy groups -OCH3 is 1. The molecule has 0 saturated carbocycles. The van der Waals surface area contributed by atoms with E-state index in [2.05, 4.69) is 4.90 Å². The van der Waals surface area contributed by atoms with Crippen LogP contribution in [0.2, 0.25) is 5.02 Å². The highest BCUT2D eigenvalue weighted by Crippen LogP contribution is 2.24. The van der Waals surface area contributed by atoms with Crippen molar-refractivity contribution in [2.45, 2.75) is 6.54 Å². The van der Waals surface area contributed by atoms with Crippen LogP contribution in [0.25, 0.3) is 0 Å². The third-order valence-corrected chi connectivity index (χ3v) is 4.58. The summed E-state index contributed by atoms with van der Waals surface area (Å²) in [5.74, 6) is 0.777. The molecule has 2 heterocycles. The lowest BCUT2D eigenvalue weighted by molar-refractivity contribution is -0.605. The molecule has 1 amide bonds. The van der Waals surface area contributed by atoms with E-state index < -0.39 is 0 Å². The van der Waals surface area contributed by atoms with Gasteiger partial charge in [-0.15, -0.1) is 0 Å². The highest BCUT2D eigenvalue weighted by Gasteiger charge is 2.23. The average Bonchev–Trinajstić information content (AvgIpc) is 2.63. The zero-order valence-electron chi connectivity index (χ0n) is 14.0. The summed E-state index contributed by atoms with van der Waals surface area (Å²) in [5, 5.41) is 11.8. The van der Waals surface area contributed by atoms with Crippen molar-refractivity contribution in [1.82, 2.24) is 9.80 Å². The van der Waals surface area contributed by atoms with Gasteiger partial charge in [0.15, 0.2) is 12.4 Å². The minimum absolute atomic E-state index is 0.0411. The number of piperazine rings is 1. The van der Waals surface area contributed by atoms with Crippen LogP contribution in [0.4, 0.5) is 0 Å². The Balaban J connectivity index is 1.59. The van der Waals surface area contributed by atoms with Gasteiger partial charge in [0, 0.05) is 55.4 Å². The number of pyridine rings is 1. The maximum absolute atomic E-state index is 12.5. The van der Waals surface area contributed by atoms with Crippen molar-refractivity contribution in [2.75, 3.05) is 33.3 Å². The normalized spacial score (nSPS) is 15.2. The SMILES string of the molecule is COc1ccc(Cl)cc1CN1CCN(C(=O)c2cc[n+]([O-])cc2)CC1. The van der Waals surface area contributed by atoms with Crippen molar-refractivity contribution in [3.63, 3.8) is 0 Å². The van der Waals surface area contributed by atoms with E-state index in [9.17, 15) is 10.0 Å². The number of rotatable bonds is 4. The van der Waals surface area contributed by atoms with Crippen LogP contribution in [0.3, 0.4) is 0 Å². The number of carbonyl (C=O) groups excluding carboxylic acids is 1. The Kier molecular flexibility index (Phi) is 5.40. The summed E-state index contributed by atoms with van der Waals surface area (Å²) < 4.78 is 6.07. The van der Waals surface area contributed by atoms with Crippen LogP contribution in [0, 0.1) is 5.21 Å². The van der Waals surface area contributed by atoms with E-state index in [1.165, 1.54) is 12.4 Å². The number of aromatic nitrogens is 1. The van der Waals surface area contributed by atoms with E-state index in [0.29, 0.717) is 28.4 Å². The van der Waals surface area contributed by atoms with Gasteiger partial charge in [-0.25, -0.2) is 0 Å². The molecule has 1 aliphatic heterocycles. The predicted molar refractivity (Wildman–Crippen MR) is 94.6 cm³/mol. The average molecular weight is 362 g/mol. The second-order valence-corrected chi connectivity index (χ2v) is 6.41. The zero-order valence-corrected chi connectivity index (χ0v) is 14.8. The highest BCUT2D eigenvalue weighted by atomic mass is 35.5. The predicted octanol–water partition coefficient (Wildman–Crippen LogP) is 1.94. The molecule has 6 nitrogen and oxygen atoms in total. The molecule has 25 heavy (non-hydrogen) atoms. The summed E-state index contributed by atoms with van der Waals surface area (Å²) in [6.45, 7) is 3.57. The number of hydrogen-bond donors (Lipinski definition) is 0. The molecule has 1 aliphatic rings. The molecular formula is C18H20ClN3O3. The maximum atomic E-state index is 12.5. The fourth-order valence-corrected chi connectivity index (χ4v) is 3.15. The first-order valence-electron chi connectivity index (χ1n) is 8.09. The summed E-state index contributed by atoms with van der Waals surface area (Å²) in [6, 6.07) is 8.71. The van der Waals surface area contributed by atoms with Crippen molar-refractivity contribution < 1.29 is 14.3 Å². The minimum Gasteiger partial charge on any atom is -0.619 e. The van der Waals surface area contributed by atoms with Crippen LogP contribution >= 0.6 is 11.6 Å². The van der Waals surface area contributed by atoms with Gasteiger partial charge in [-0.05, 0) is 18.2 Å². The molecule has 0 atom stereocenters. The van der Waals surface area contributed by atoms with Gasteiger partial charge in [-0.3, -0.25) is 9.69 Å². The molecule has 1 aromatic carbocycles. The lowest BCUT2D eigenvalue weighted by atomic mass is 10.1. The van der Waals surface area contributed by atoms with Gasteiger partial charge in [0.25, 0.3) is 5.91 Å². The van der Waals surface area contributed by atoms with Gasteiger partial charge in [0.2, 0.25) is 0 Å². The Morgan fingerprint density at radius 2 is 1.88 bits per heavy atom. The van der Waals surface area contributed by atoms with Crippen LogP contribution in [0.1, 0.15) is 15.9 Å². The number of halogens is 1. The van der Waals surface area contributed by atoms with Crippen molar-refractivity contribution in [3.05, 3.63) is 64.1 Å². The quantitative estimate of drug-likeness (QED) is 0.617. The van der Waals surface area contributed by atoms with E-state index in [-0.39, 0.29) is 5.91 Å². The molecule has 2 aromatic rings. The number of hydrogen-bond acceptors (Lipinski definition) is 4. The number of carbonyl (C=O) groups is 1. The lowest BCUT2D eigenvalue weighted by Crippen LogP contribution is -2.48. The van der Waals surface area contributed by atoms with E-state index in [1.807, 2.05) is 23.1 Å². The summed E-state index contributed by atoms with van der Waals surface area (Å²) in [4.78, 5) is 16.6. The minimum atomic E-state index is -0.0411. The smallest absolute Gasteiger partial charge is 0.254 e. The molecule has 1 aromatic heterocycles. The first-order valence-corrected chi connectivity index (χ1v) is 8.47. The third-order valence-electron chi connectivity index (χ3n) is 4.34. The number of nitrogens with zero attached hydrogens (tertiary/aromatic N) is 3. The Labute approximate surface area is 151 Å². The number of ether oxygens (including phenoxy) is 1. The molecule has 1 fully saturated rings. The van der Waals surface area contributed by atoms with Crippen molar-refractivity contribution in [1.29, 1.82) is 0 Å². The van der Waals surface area contributed by atoms with Crippen LogP contribution < -0.4 is 9.47 Å². The molecular weight excluding hydrogens is 342 g/mol. The second kappa shape index (κ2) is 7.72. The van der Waals surface area contributed by atoms with Crippen LogP contribution in [-0.2, 0) is 6.54 Å². The van der Waals surface area contributed by atoms with Gasteiger partial charge in [0.1, 0.15) is 5.75 Å². The molecule has 0 bridgehead atoms. The van der Waals surface area contributed by atoms with E-state index in [0.717, 1.165) is 30.9 Å². The maximum Gasteiger partial charge on any atom is 0.254 e. The van der Waals surface area contributed by atoms with Gasteiger partial charge in [-0.1, -0.05) is 11.6 Å². The molecule has 7 heteroatoms. The van der Waals surface area contributed by atoms with Gasteiger partial charge >= 0.3 is 0 Å². The molecule has 132 valence electrons. The summed E-state index contributed by atoms with van der Waals surface area (Å²) in [6.07, 6.45) is 2.68. The van der Waals surface area contributed by atoms with Gasteiger partial charge < -0.3 is 14.8 Å². The second-order valence-electron chi connectivity index (χ2n) is 5.97. The Morgan fingerprint density at radius 1 is 1.20 bits per heavy atom. The summed E-state index contributed by atoms with van der Waals surface area (Å²) >= 11 is 6.08. The zero-order chi connectivity index (χ0) is 17.8. The third kappa shape index (κ3) is 4.21. The number of amides is 1. The van der Waals surface area contributed by atoms with Crippen LogP contribution in [0.15, 0.2) is 42.7 Å². The molecule has 0 N–H and O–H groups in total. The van der Waals surface area contributed by atoms with Crippen molar-refractivity contribution in [2.24, 2.45) is 0 Å². The van der Waals surface area contributed by atoms with Crippen LogP contribution in [0.5, 0.6) is 5.75 Å². The van der Waals surface area contributed by atoms with Gasteiger partial charge in [-0.2, -0.15) is 4.73 Å². The fourth-order valence-electron chi connectivity index (χ4n) is 2.96. The largest absolute Gasteiger partial charge is 0.619 e. The first-order chi connectivity index (χ1) is 12.1. The fraction of sp³-hybridized carbons (Fsp3) is 0.333. The van der Waals surface area contributed by atoms with Gasteiger partial charge in [0.05, 0.1) is 12.7 Å². The van der Waals surface area contributed by atoms with E-state index in [4.69, 9.17) is 16.3 Å². The molecule has 1 saturated heterocycles. The Hall–Kier alpha value is -2.31. The lowest BCUT2D eigenvalue weighted by Gasteiger charge is -2.35. The Bertz CT molecular complexity index is 744. The molecule has 0 spiro atoms. The monoisotopic (exact) mass is 361 g/mol. The molecule has 0 unspecified atom stereocenters. The molecule has 0 aliphatic carbocycles. The number of benzene rings is 1. The van der Waals surface area contributed by atoms with Crippen LogP contribution in [-0.4, -0.2) is 49.0 Å². The first kappa shape index (κ1) is 17.5. The summed E-state index contributed by atoms with van der Waals surface area (Å²) in [7, 11) is 1.65. The van der Waals surface area contributed by atoms with E-state index in [1.54, 1.807) is 19.2 Å². The van der Waals surface area contributed by atoms with Crippen molar-refractivity contribution >= 4 is 17.5 Å². The topological polar surface area (TPSA) is 59.7 Å². The summed E-state index contributed by atoms with van der Waals surface area (Å²) in [5.41, 5.74) is 1.58. The van der Waals surface area contributed by atoms with E-state index >= 15 is 0 Å².